The summed E-state index contributed by atoms with van der Waals surface area (Å²) in [4.78, 5) is 10.3. The molecule has 0 aromatic heterocycles. The van der Waals surface area contributed by atoms with Gasteiger partial charge in [-0.15, -0.1) is 0 Å². The zero-order valence-electron chi connectivity index (χ0n) is 6.01. The topological polar surface area (TPSA) is 49.3 Å². The SMILES string of the molecule is CC(C)[C@H]([NH][GeH3])C(=O)O. The van der Waals surface area contributed by atoms with Crippen LogP contribution in [0.3, 0.4) is 0 Å². The third-order valence-electron chi connectivity index (χ3n) is 1.24. The van der Waals surface area contributed by atoms with E-state index in [0.29, 0.717) is 16.7 Å². The molecule has 0 bridgehead atoms. The van der Waals surface area contributed by atoms with E-state index in [4.69, 9.17) is 5.11 Å². The van der Waals surface area contributed by atoms with Crippen molar-refractivity contribution in [2.75, 3.05) is 0 Å². The minimum absolute atomic E-state index is 0.193. The minimum atomic E-state index is -0.738. The van der Waals surface area contributed by atoms with Gasteiger partial charge in [-0.1, -0.05) is 0 Å². The molecule has 0 spiro atoms. The quantitative estimate of drug-likeness (QED) is 0.561. The number of aliphatic carboxylic acids is 1. The molecule has 0 aromatic carbocycles. The van der Waals surface area contributed by atoms with Crippen LogP contribution in [0.25, 0.3) is 0 Å². The van der Waals surface area contributed by atoms with Gasteiger partial charge in [-0.25, -0.2) is 0 Å². The molecule has 1 atom stereocenters. The molecular formula is C5H13GeNO2. The average Bonchev–Trinajstić information content (AvgIpc) is 1.64. The summed E-state index contributed by atoms with van der Waals surface area (Å²) in [6.45, 7) is 3.80. The van der Waals surface area contributed by atoms with Gasteiger partial charge < -0.3 is 0 Å². The molecule has 0 aliphatic rings. The van der Waals surface area contributed by atoms with Crippen LogP contribution < -0.4 is 4.27 Å². The van der Waals surface area contributed by atoms with Crippen LogP contribution in [0.4, 0.5) is 0 Å². The molecule has 0 heterocycles. The van der Waals surface area contributed by atoms with E-state index in [2.05, 4.69) is 4.27 Å². The van der Waals surface area contributed by atoms with E-state index in [1.807, 2.05) is 13.8 Å². The predicted molar refractivity (Wildman–Crippen MR) is 39.3 cm³/mol. The second kappa shape index (κ2) is 3.90. The van der Waals surface area contributed by atoms with E-state index in [-0.39, 0.29) is 12.0 Å². The Kier molecular flexibility index (Phi) is 3.89. The fourth-order valence-electron chi connectivity index (χ4n) is 0.742. The van der Waals surface area contributed by atoms with Crippen molar-refractivity contribution in [3.8, 4) is 0 Å². The summed E-state index contributed by atoms with van der Waals surface area (Å²) >= 11 is 0.417. The van der Waals surface area contributed by atoms with Gasteiger partial charge in [0.1, 0.15) is 0 Å². The summed E-state index contributed by atoms with van der Waals surface area (Å²) in [5.41, 5.74) is 0. The third-order valence-corrected chi connectivity index (χ3v) is 2.55. The molecule has 0 aliphatic heterocycles. The van der Waals surface area contributed by atoms with Crippen molar-refractivity contribution in [3.05, 3.63) is 0 Å². The van der Waals surface area contributed by atoms with Crippen LogP contribution in [0.5, 0.6) is 0 Å². The van der Waals surface area contributed by atoms with Crippen LogP contribution >= 0.6 is 0 Å². The standard InChI is InChI=1S/C5H13GeNO2/c1-3(2)4(7-6)5(8)9/h3-4,7H,1-2,6H3,(H,8,9)/t4-/m0/s1. The molecule has 9 heavy (non-hydrogen) atoms. The van der Waals surface area contributed by atoms with E-state index in [1.54, 1.807) is 0 Å². The zero-order chi connectivity index (χ0) is 7.44. The number of carbonyl (C=O) groups is 1. The van der Waals surface area contributed by atoms with E-state index in [1.165, 1.54) is 0 Å². The molecule has 3 nitrogen and oxygen atoms in total. The van der Waals surface area contributed by atoms with Gasteiger partial charge >= 0.3 is 62.7 Å². The van der Waals surface area contributed by atoms with Crippen LogP contribution in [0.1, 0.15) is 13.8 Å². The third kappa shape index (κ3) is 2.86. The van der Waals surface area contributed by atoms with Crippen molar-refractivity contribution in [1.82, 2.24) is 4.27 Å². The number of hydrogen-bond acceptors (Lipinski definition) is 2. The maximum absolute atomic E-state index is 10.3. The molecule has 2 N–H and O–H groups in total. The van der Waals surface area contributed by atoms with Gasteiger partial charge in [0, 0.05) is 0 Å². The van der Waals surface area contributed by atoms with Gasteiger partial charge in [-0.05, 0) is 0 Å². The molecule has 0 saturated heterocycles. The molecule has 0 radical (unpaired) electrons. The average molecular weight is 192 g/mol. The van der Waals surface area contributed by atoms with E-state index in [9.17, 15) is 4.79 Å². The summed E-state index contributed by atoms with van der Waals surface area (Å²) in [7, 11) is 0. The maximum atomic E-state index is 10.3. The molecule has 0 rings (SSSR count). The number of hydrogen-bond donors (Lipinski definition) is 2. The molecule has 0 fully saturated rings. The first kappa shape index (κ1) is 8.97. The van der Waals surface area contributed by atoms with Gasteiger partial charge in [-0.3, -0.25) is 0 Å². The Morgan fingerprint density at radius 2 is 2.11 bits per heavy atom. The molecule has 0 saturated carbocycles. The number of carboxylic acid groups (broad SMARTS) is 1. The van der Waals surface area contributed by atoms with Crippen molar-refractivity contribution in [3.63, 3.8) is 0 Å². The van der Waals surface area contributed by atoms with Crippen molar-refractivity contribution in [1.29, 1.82) is 0 Å². The fourth-order valence-corrected chi connectivity index (χ4v) is 2.66. The first-order valence-electron chi connectivity index (χ1n) is 2.99. The summed E-state index contributed by atoms with van der Waals surface area (Å²) in [5.74, 6) is -0.545. The monoisotopic (exact) mass is 193 g/mol. The second-order valence-corrected chi connectivity index (χ2v) is 3.56. The van der Waals surface area contributed by atoms with Crippen LogP contribution in [-0.2, 0) is 4.79 Å². The molecule has 54 valence electrons. The van der Waals surface area contributed by atoms with Gasteiger partial charge in [0.15, 0.2) is 0 Å². The van der Waals surface area contributed by atoms with Crippen molar-refractivity contribution < 1.29 is 9.90 Å². The molecule has 0 aromatic rings. The summed E-state index contributed by atoms with van der Waals surface area (Å²) in [6, 6.07) is -0.329. The van der Waals surface area contributed by atoms with E-state index >= 15 is 0 Å². The Bertz CT molecular complexity index is 105. The first-order valence-corrected chi connectivity index (χ1v) is 5.09. The molecular weight excluding hydrogens is 179 g/mol. The Morgan fingerprint density at radius 3 is 2.11 bits per heavy atom. The van der Waals surface area contributed by atoms with Gasteiger partial charge in [0.25, 0.3) is 0 Å². The molecule has 4 heteroatoms. The van der Waals surface area contributed by atoms with Crippen LogP contribution in [0, 0.1) is 5.92 Å². The van der Waals surface area contributed by atoms with E-state index in [0.717, 1.165) is 0 Å². The first-order chi connectivity index (χ1) is 4.09. The molecule has 0 unspecified atom stereocenters. The Balaban J connectivity index is 3.83. The number of nitrogens with one attached hydrogen (secondary N) is 1. The van der Waals surface area contributed by atoms with Gasteiger partial charge in [-0.2, -0.15) is 0 Å². The van der Waals surface area contributed by atoms with Crippen LogP contribution in [0.15, 0.2) is 0 Å². The van der Waals surface area contributed by atoms with Crippen molar-refractivity contribution >= 4 is 22.7 Å². The number of carboxylic acids is 1. The van der Waals surface area contributed by atoms with Crippen molar-refractivity contribution in [2.45, 2.75) is 19.9 Å². The normalized spacial score (nSPS) is 14.1. The van der Waals surface area contributed by atoms with Crippen LogP contribution in [-0.4, -0.2) is 33.9 Å². The van der Waals surface area contributed by atoms with Crippen molar-refractivity contribution in [2.24, 2.45) is 5.92 Å². The number of rotatable bonds is 3. The van der Waals surface area contributed by atoms with Gasteiger partial charge in [0.2, 0.25) is 0 Å². The Labute approximate surface area is 63.3 Å². The summed E-state index contributed by atoms with van der Waals surface area (Å²) < 4.78 is 2.89. The summed E-state index contributed by atoms with van der Waals surface area (Å²) in [6.07, 6.45) is 0. The van der Waals surface area contributed by atoms with Gasteiger partial charge in [0.05, 0.1) is 0 Å². The Hall–Kier alpha value is -0.0271. The zero-order valence-corrected chi connectivity index (χ0v) is 10.2. The Morgan fingerprint density at radius 1 is 1.67 bits per heavy atom. The molecule has 0 amide bonds. The summed E-state index contributed by atoms with van der Waals surface area (Å²) in [5, 5.41) is 8.51. The predicted octanol–water partition coefficient (Wildman–Crippen LogP) is -1.03. The molecule has 0 aliphatic carbocycles. The fraction of sp³-hybridized carbons (Fsp3) is 0.800. The van der Waals surface area contributed by atoms with Crippen LogP contribution in [0.2, 0.25) is 0 Å². The second-order valence-electron chi connectivity index (χ2n) is 2.35. The van der Waals surface area contributed by atoms with E-state index < -0.39 is 5.97 Å².